The Morgan fingerprint density at radius 1 is 0.783 bits per heavy atom. The molecule has 1 aliphatic carbocycles. The van der Waals surface area contributed by atoms with Gasteiger partial charge in [-0.05, 0) is 52.6 Å². The third kappa shape index (κ3) is 1.67. The highest BCUT2D eigenvalue weighted by molar-refractivity contribution is 9.10. The zero-order chi connectivity index (χ0) is 15.8. The van der Waals surface area contributed by atoms with Gasteiger partial charge in [-0.3, -0.25) is 0 Å². The number of hydrogen-bond donors (Lipinski definition) is 1. The standard InChI is InChI=1S/C21H16BrN/c1-21(2)17-6-4-3-5-13(17)14-11-20-16(10-18(14)21)15-9-12(22)7-8-19(15)23-20/h3-11,23H,1-2H3. The number of aromatic amines is 1. The van der Waals surface area contributed by atoms with Crippen LogP contribution in [-0.4, -0.2) is 4.98 Å². The number of hydrogen-bond acceptors (Lipinski definition) is 0. The number of H-pyrrole nitrogens is 1. The lowest BCUT2D eigenvalue weighted by Gasteiger charge is -2.21. The van der Waals surface area contributed by atoms with Gasteiger partial charge >= 0.3 is 0 Å². The minimum Gasteiger partial charge on any atom is -0.354 e. The molecule has 0 atom stereocenters. The predicted octanol–water partition coefficient (Wildman–Crippen LogP) is 6.39. The van der Waals surface area contributed by atoms with Gasteiger partial charge in [0, 0.05) is 31.7 Å². The molecule has 1 heterocycles. The number of halogens is 1. The van der Waals surface area contributed by atoms with Gasteiger partial charge in [0.1, 0.15) is 0 Å². The first-order chi connectivity index (χ1) is 11.1. The second-order valence-corrected chi connectivity index (χ2v) is 7.84. The molecule has 0 radical (unpaired) electrons. The van der Waals surface area contributed by atoms with Gasteiger partial charge in [0.2, 0.25) is 0 Å². The lowest BCUT2D eigenvalue weighted by atomic mass is 9.82. The third-order valence-electron chi connectivity index (χ3n) is 5.26. The van der Waals surface area contributed by atoms with Crippen LogP contribution in [0.15, 0.2) is 59.1 Å². The summed E-state index contributed by atoms with van der Waals surface area (Å²) >= 11 is 3.60. The van der Waals surface area contributed by atoms with Gasteiger partial charge in [-0.1, -0.05) is 54.0 Å². The molecule has 0 spiro atoms. The molecule has 0 aliphatic heterocycles. The van der Waals surface area contributed by atoms with Crippen LogP contribution < -0.4 is 0 Å². The summed E-state index contributed by atoms with van der Waals surface area (Å²) in [7, 11) is 0. The number of aromatic nitrogens is 1. The molecule has 23 heavy (non-hydrogen) atoms. The van der Waals surface area contributed by atoms with Gasteiger partial charge in [0.05, 0.1) is 0 Å². The number of nitrogens with one attached hydrogen (secondary N) is 1. The van der Waals surface area contributed by atoms with Crippen molar-refractivity contribution in [1.82, 2.24) is 4.98 Å². The van der Waals surface area contributed by atoms with E-state index in [9.17, 15) is 0 Å². The van der Waals surface area contributed by atoms with Crippen LogP contribution in [0.5, 0.6) is 0 Å². The second kappa shape index (κ2) is 4.27. The van der Waals surface area contributed by atoms with Crippen LogP contribution in [0, 0.1) is 0 Å². The summed E-state index contributed by atoms with van der Waals surface area (Å²) in [5, 5.41) is 2.59. The van der Waals surface area contributed by atoms with Gasteiger partial charge in [-0.2, -0.15) is 0 Å². The summed E-state index contributed by atoms with van der Waals surface area (Å²) in [5.41, 5.74) is 8.04. The molecule has 0 fully saturated rings. The molecule has 0 amide bonds. The smallest absolute Gasteiger partial charge is 0.0471 e. The average molecular weight is 362 g/mol. The largest absolute Gasteiger partial charge is 0.354 e. The van der Waals surface area contributed by atoms with Crippen molar-refractivity contribution in [2.75, 3.05) is 0 Å². The van der Waals surface area contributed by atoms with E-state index in [-0.39, 0.29) is 5.41 Å². The lowest BCUT2D eigenvalue weighted by molar-refractivity contribution is 0.661. The minimum absolute atomic E-state index is 0.0513. The van der Waals surface area contributed by atoms with E-state index in [2.05, 4.69) is 89.4 Å². The van der Waals surface area contributed by atoms with Crippen LogP contribution in [0.3, 0.4) is 0 Å². The Labute approximate surface area is 143 Å². The van der Waals surface area contributed by atoms with E-state index < -0.39 is 0 Å². The van der Waals surface area contributed by atoms with Crippen molar-refractivity contribution in [3.8, 4) is 11.1 Å². The summed E-state index contributed by atoms with van der Waals surface area (Å²) in [5.74, 6) is 0. The first kappa shape index (κ1) is 13.4. The van der Waals surface area contributed by atoms with Crippen molar-refractivity contribution >= 4 is 37.7 Å². The van der Waals surface area contributed by atoms with Crippen LogP contribution in [0.2, 0.25) is 0 Å². The first-order valence-corrected chi connectivity index (χ1v) is 8.70. The van der Waals surface area contributed by atoms with Crippen LogP contribution in [0.25, 0.3) is 32.9 Å². The number of fused-ring (bicyclic) bond motifs is 6. The van der Waals surface area contributed by atoms with E-state index in [0.29, 0.717) is 0 Å². The molecule has 4 aromatic rings. The van der Waals surface area contributed by atoms with Crippen molar-refractivity contribution in [2.45, 2.75) is 19.3 Å². The number of rotatable bonds is 0. The van der Waals surface area contributed by atoms with E-state index in [0.717, 1.165) is 4.47 Å². The molecule has 1 aliphatic rings. The van der Waals surface area contributed by atoms with Crippen LogP contribution >= 0.6 is 15.9 Å². The molecule has 2 heteroatoms. The zero-order valence-electron chi connectivity index (χ0n) is 13.1. The van der Waals surface area contributed by atoms with Crippen LogP contribution in [0.1, 0.15) is 25.0 Å². The highest BCUT2D eigenvalue weighted by Gasteiger charge is 2.35. The quantitative estimate of drug-likeness (QED) is 0.373. The predicted molar refractivity (Wildman–Crippen MR) is 101 cm³/mol. The Morgan fingerprint density at radius 3 is 2.43 bits per heavy atom. The molecule has 5 rings (SSSR count). The maximum absolute atomic E-state index is 3.60. The van der Waals surface area contributed by atoms with Crippen molar-refractivity contribution in [1.29, 1.82) is 0 Å². The fourth-order valence-corrected chi connectivity index (χ4v) is 4.43. The average Bonchev–Trinajstić information content (AvgIpc) is 3.00. The van der Waals surface area contributed by atoms with Gasteiger partial charge in [0.15, 0.2) is 0 Å². The Kier molecular flexibility index (Phi) is 2.48. The van der Waals surface area contributed by atoms with E-state index in [1.165, 1.54) is 44.1 Å². The molecule has 0 bridgehead atoms. The second-order valence-electron chi connectivity index (χ2n) is 6.93. The SMILES string of the molecule is CC1(C)c2ccccc2-c2cc3[nH]c4ccc(Br)cc4c3cc21. The summed E-state index contributed by atoms with van der Waals surface area (Å²) in [6.45, 7) is 4.66. The monoisotopic (exact) mass is 361 g/mol. The van der Waals surface area contributed by atoms with Crippen molar-refractivity contribution in [2.24, 2.45) is 0 Å². The third-order valence-corrected chi connectivity index (χ3v) is 5.76. The molecular weight excluding hydrogens is 346 g/mol. The van der Waals surface area contributed by atoms with Gasteiger partial charge < -0.3 is 4.98 Å². The van der Waals surface area contributed by atoms with E-state index in [1.807, 2.05) is 0 Å². The van der Waals surface area contributed by atoms with E-state index in [1.54, 1.807) is 0 Å². The van der Waals surface area contributed by atoms with Crippen molar-refractivity contribution in [3.05, 3.63) is 70.2 Å². The molecule has 0 saturated heterocycles. The fraction of sp³-hybridized carbons (Fsp3) is 0.143. The van der Waals surface area contributed by atoms with E-state index >= 15 is 0 Å². The zero-order valence-corrected chi connectivity index (χ0v) is 14.7. The Bertz CT molecular complexity index is 1100. The van der Waals surface area contributed by atoms with Crippen LogP contribution in [0.4, 0.5) is 0 Å². The maximum atomic E-state index is 3.60. The molecule has 1 N–H and O–H groups in total. The normalized spacial score (nSPS) is 15.1. The highest BCUT2D eigenvalue weighted by Crippen LogP contribution is 2.50. The molecular formula is C21H16BrN. The van der Waals surface area contributed by atoms with Crippen molar-refractivity contribution in [3.63, 3.8) is 0 Å². The Balaban J connectivity index is 1.93. The summed E-state index contributed by atoms with van der Waals surface area (Å²) < 4.78 is 1.12. The Hall–Kier alpha value is -2.06. The number of benzene rings is 3. The van der Waals surface area contributed by atoms with Crippen molar-refractivity contribution < 1.29 is 0 Å². The van der Waals surface area contributed by atoms with Gasteiger partial charge in [0.25, 0.3) is 0 Å². The topological polar surface area (TPSA) is 15.8 Å². The highest BCUT2D eigenvalue weighted by atomic mass is 79.9. The molecule has 3 aromatic carbocycles. The lowest BCUT2D eigenvalue weighted by Crippen LogP contribution is -2.14. The summed E-state index contributed by atoms with van der Waals surface area (Å²) in [6, 6.07) is 19.9. The first-order valence-electron chi connectivity index (χ1n) is 7.91. The van der Waals surface area contributed by atoms with E-state index in [4.69, 9.17) is 0 Å². The minimum atomic E-state index is 0.0513. The molecule has 1 nitrogen and oxygen atoms in total. The molecule has 0 saturated carbocycles. The summed E-state index contributed by atoms with van der Waals surface area (Å²) in [6.07, 6.45) is 0. The summed E-state index contributed by atoms with van der Waals surface area (Å²) in [4.78, 5) is 3.57. The van der Waals surface area contributed by atoms with Gasteiger partial charge in [-0.25, -0.2) is 0 Å². The molecule has 0 unspecified atom stereocenters. The molecule has 112 valence electrons. The fourth-order valence-electron chi connectivity index (χ4n) is 4.07. The molecule has 1 aromatic heterocycles. The van der Waals surface area contributed by atoms with Gasteiger partial charge in [-0.15, -0.1) is 0 Å². The van der Waals surface area contributed by atoms with Crippen LogP contribution in [-0.2, 0) is 5.41 Å². The Morgan fingerprint density at radius 2 is 1.57 bits per heavy atom. The maximum Gasteiger partial charge on any atom is 0.0471 e.